The van der Waals surface area contributed by atoms with E-state index < -0.39 is 10.0 Å². The molecule has 2 rings (SSSR count). The highest BCUT2D eigenvalue weighted by molar-refractivity contribution is 9.10. The standard InChI is InChI=1S/C12H6Br2ClN3O2S/c13-8-1-2-10(7(3-8)5-16)18-21(19,20)11-4-9(14)6-17-12(11)15/h1-4,6,18H. The maximum Gasteiger partial charge on any atom is 0.265 e. The second-order valence-corrected chi connectivity index (χ2v) is 7.69. The summed E-state index contributed by atoms with van der Waals surface area (Å²) >= 11 is 12.2. The first-order valence-corrected chi connectivity index (χ1v) is 8.82. The van der Waals surface area contributed by atoms with Crippen LogP contribution in [0.2, 0.25) is 5.15 Å². The number of anilines is 1. The van der Waals surface area contributed by atoms with E-state index in [1.165, 1.54) is 24.4 Å². The van der Waals surface area contributed by atoms with E-state index in [2.05, 4.69) is 41.6 Å². The Morgan fingerprint density at radius 2 is 1.95 bits per heavy atom. The molecule has 5 nitrogen and oxygen atoms in total. The minimum absolute atomic E-state index is 0.152. The molecule has 1 aromatic carbocycles. The second-order valence-electron chi connectivity index (χ2n) is 3.85. The van der Waals surface area contributed by atoms with Crippen LogP contribution in [-0.2, 0) is 10.0 Å². The Bertz CT molecular complexity index is 850. The molecular formula is C12H6Br2ClN3O2S. The van der Waals surface area contributed by atoms with Crippen LogP contribution in [0, 0.1) is 11.3 Å². The van der Waals surface area contributed by atoms with Gasteiger partial charge in [-0.3, -0.25) is 4.72 Å². The lowest BCUT2D eigenvalue weighted by Gasteiger charge is -2.10. The number of halogens is 3. The summed E-state index contributed by atoms with van der Waals surface area (Å²) in [5, 5.41) is 8.91. The van der Waals surface area contributed by atoms with Gasteiger partial charge in [-0.25, -0.2) is 13.4 Å². The highest BCUT2D eigenvalue weighted by Crippen LogP contribution is 2.27. The fraction of sp³-hybridized carbons (Fsp3) is 0. The monoisotopic (exact) mass is 449 g/mol. The van der Waals surface area contributed by atoms with Gasteiger partial charge in [0.25, 0.3) is 10.0 Å². The largest absolute Gasteiger partial charge is 0.278 e. The van der Waals surface area contributed by atoms with Crippen LogP contribution in [-0.4, -0.2) is 13.4 Å². The average molecular weight is 452 g/mol. The number of aromatic nitrogens is 1. The Kier molecular flexibility index (Phi) is 4.88. The van der Waals surface area contributed by atoms with Crippen molar-refractivity contribution in [3.63, 3.8) is 0 Å². The maximum atomic E-state index is 12.4. The Hall–Kier alpha value is -1.14. The molecule has 0 atom stereocenters. The number of nitrogens with one attached hydrogen (secondary N) is 1. The zero-order chi connectivity index (χ0) is 15.6. The van der Waals surface area contributed by atoms with Crippen molar-refractivity contribution in [1.29, 1.82) is 5.26 Å². The molecule has 1 N–H and O–H groups in total. The predicted octanol–water partition coefficient (Wildman–Crippen LogP) is 3.93. The molecule has 9 heteroatoms. The predicted molar refractivity (Wildman–Crippen MR) is 86.6 cm³/mol. The summed E-state index contributed by atoms with van der Waals surface area (Å²) in [6.07, 6.45) is 1.39. The maximum absolute atomic E-state index is 12.4. The van der Waals surface area contributed by atoms with Crippen LogP contribution < -0.4 is 4.72 Å². The fourth-order valence-corrected chi connectivity index (χ4v) is 3.88. The van der Waals surface area contributed by atoms with Crippen LogP contribution >= 0.6 is 43.5 Å². The molecule has 0 unspecified atom stereocenters. The van der Waals surface area contributed by atoms with Crippen molar-refractivity contribution in [2.24, 2.45) is 0 Å². The van der Waals surface area contributed by atoms with Gasteiger partial charge in [0.05, 0.1) is 11.3 Å². The normalized spacial score (nSPS) is 11.0. The molecular weight excluding hydrogens is 445 g/mol. The molecule has 0 aliphatic carbocycles. The van der Waals surface area contributed by atoms with Crippen LogP contribution in [0.3, 0.4) is 0 Å². The van der Waals surface area contributed by atoms with E-state index in [0.717, 1.165) is 0 Å². The summed E-state index contributed by atoms with van der Waals surface area (Å²) in [6.45, 7) is 0. The van der Waals surface area contributed by atoms with Crippen LogP contribution in [0.5, 0.6) is 0 Å². The van der Waals surface area contributed by atoms with E-state index >= 15 is 0 Å². The van der Waals surface area contributed by atoms with Crippen molar-refractivity contribution in [3.05, 3.63) is 50.1 Å². The number of pyridine rings is 1. The number of hydrogen-bond acceptors (Lipinski definition) is 4. The Labute approximate surface area is 143 Å². The van der Waals surface area contributed by atoms with Crippen LogP contribution in [0.15, 0.2) is 44.3 Å². The van der Waals surface area contributed by atoms with Crippen molar-refractivity contribution < 1.29 is 8.42 Å². The van der Waals surface area contributed by atoms with E-state index in [1.54, 1.807) is 6.07 Å². The third-order valence-corrected chi connectivity index (χ3v) is 5.13. The van der Waals surface area contributed by atoms with Crippen molar-refractivity contribution in [2.45, 2.75) is 4.90 Å². The minimum Gasteiger partial charge on any atom is -0.278 e. The zero-order valence-electron chi connectivity index (χ0n) is 10.1. The zero-order valence-corrected chi connectivity index (χ0v) is 14.9. The number of nitrogens with zero attached hydrogens (tertiary/aromatic N) is 2. The number of hydrogen-bond donors (Lipinski definition) is 1. The number of rotatable bonds is 3. The first-order valence-electron chi connectivity index (χ1n) is 5.37. The van der Waals surface area contributed by atoms with Crippen molar-refractivity contribution in [2.75, 3.05) is 4.72 Å². The quantitative estimate of drug-likeness (QED) is 0.717. The molecule has 21 heavy (non-hydrogen) atoms. The van der Waals surface area contributed by atoms with Crippen molar-refractivity contribution in [3.8, 4) is 6.07 Å². The van der Waals surface area contributed by atoms with Gasteiger partial charge in [0.15, 0.2) is 0 Å². The third-order valence-electron chi connectivity index (χ3n) is 2.41. The molecule has 0 saturated heterocycles. The van der Waals surface area contributed by atoms with E-state index in [4.69, 9.17) is 16.9 Å². The van der Waals surface area contributed by atoms with E-state index in [0.29, 0.717) is 8.95 Å². The third kappa shape index (κ3) is 3.74. The van der Waals surface area contributed by atoms with Crippen LogP contribution in [0.1, 0.15) is 5.56 Å². The highest BCUT2D eigenvalue weighted by atomic mass is 79.9. The Balaban J connectivity index is 2.48. The minimum atomic E-state index is -3.95. The number of benzene rings is 1. The first-order chi connectivity index (χ1) is 9.83. The Morgan fingerprint density at radius 3 is 2.62 bits per heavy atom. The molecule has 0 fully saturated rings. The van der Waals surface area contributed by atoms with Gasteiger partial charge in [0.1, 0.15) is 16.1 Å². The van der Waals surface area contributed by atoms with Gasteiger partial charge in [0, 0.05) is 15.1 Å². The summed E-state index contributed by atoms with van der Waals surface area (Å²) in [5.41, 5.74) is 0.351. The molecule has 0 spiro atoms. The molecule has 0 aliphatic heterocycles. The van der Waals surface area contributed by atoms with Gasteiger partial charge in [-0.2, -0.15) is 5.26 Å². The molecule has 2 aromatic rings. The number of nitriles is 1. The van der Waals surface area contributed by atoms with E-state index in [9.17, 15) is 8.42 Å². The van der Waals surface area contributed by atoms with E-state index in [1.807, 2.05) is 6.07 Å². The molecule has 0 amide bonds. The van der Waals surface area contributed by atoms with Gasteiger partial charge in [-0.15, -0.1) is 0 Å². The Morgan fingerprint density at radius 1 is 1.24 bits per heavy atom. The first kappa shape index (κ1) is 16.2. The SMILES string of the molecule is N#Cc1cc(Br)ccc1NS(=O)(=O)c1cc(Br)cnc1Cl. The van der Waals surface area contributed by atoms with Gasteiger partial charge >= 0.3 is 0 Å². The molecule has 108 valence electrons. The molecule has 1 aromatic heterocycles. The molecule has 0 radical (unpaired) electrons. The van der Waals surface area contributed by atoms with Gasteiger partial charge < -0.3 is 0 Å². The van der Waals surface area contributed by atoms with Gasteiger partial charge in [-0.1, -0.05) is 27.5 Å². The lowest BCUT2D eigenvalue weighted by Crippen LogP contribution is -2.15. The summed E-state index contributed by atoms with van der Waals surface area (Å²) in [4.78, 5) is 3.59. The summed E-state index contributed by atoms with van der Waals surface area (Å²) in [5.74, 6) is 0. The second kappa shape index (κ2) is 6.32. The summed E-state index contributed by atoms with van der Waals surface area (Å²) in [6, 6.07) is 7.88. The van der Waals surface area contributed by atoms with Gasteiger partial charge in [0.2, 0.25) is 0 Å². The highest BCUT2D eigenvalue weighted by Gasteiger charge is 2.21. The van der Waals surface area contributed by atoms with Crippen LogP contribution in [0.25, 0.3) is 0 Å². The van der Waals surface area contributed by atoms with Crippen molar-refractivity contribution >= 4 is 59.2 Å². The summed E-state index contributed by atoms with van der Waals surface area (Å²) < 4.78 is 28.2. The van der Waals surface area contributed by atoms with Crippen LogP contribution in [0.4, 0.5) is 5.69 Å². The topological polar surface area (TPSA) is 82.9 Å². The van der Waals surface area contributed by atoms with Crippen molar-refractivity contribution in [1.82, 2.24) is 4.98 Å². The fourth-order valence-electron chi connectivity index (χ4n) is 1.49. The lowest BCUT2D eigenvalue weighted by atomic mass is 10.2. The molecule has 0 bridgehead atoms. The number of sulfonamides is 1. The lowest BCUT2D eigenvalue weighted by molar-refractivity contribution is 0.601. The molecule has 1 heterocycles. The van der Waals surface area contributed by atoms with E-state index in [-0.39, 0.29) is 21.3 Å². The van der Waals surface area contributed by atoms with Gasteiger partial charge in [-0.05, 0) is 40.2 Å². The molecule has 0 saturated carbocycles. The average Bonchev–Trinajstić information content (AvgIpc) is 2.43. The summed E-state index contributed by atoms with van der Waals surface area (Å²) in [7, 11) is -3.95. The smallest absolute Gasteiger partial charge is 0.265 e. The molecule has 0 aliphatic rings.